The van der Waals surface area contributed by atoms with Gasteiger partial charge >= 0.3 is 0 Å². The molecule has 0 aliphatic carbocycles. The smallest absolute Gasteiger partial charge is 0.229 e. The van der Waals surface area contributed by atoms with Gasteiger partial charge in [-0.25, -0.2) is 0 Å². The van der Waals surface area contributed by atoms with Crippen molar-refractivity contribution in [1.29, 1.82) is 0 Å². The fourth-order valence-electron chi connectivity index (χ4n) is 1.75. The van der Waals surface area contributed by atoms with Crippen LogP contribution in [-0.4, -0.2) is 5.91 Å². The summed E-state index contributed by atoms with van der Waals surface area (Å²) in [4.78, 5) is 13.2. The average molecular weight is 334 g/mol. The summed E-state index contributed by atoms with van der Waals surface area (Å²) in [6.07, 6.45) is 0. The highest BCUT2D eigenvalue weighted by molar-refractivity contribution is 7.98. The van der Waals surface area contributed by atoms with Crippen LogP contribution in [0.5, 0.6) is 0 Å². The van der Waals surface area contributed by atoms with Crippen LogP contribution in [0.15, 0.2) is 53.4 Å². The molecule has 0 bridgehead atoms. The fraction of sp³-hybridized carbons (Fsp3) is 0.278. The minimum absolute atomic E-state index is 0.0204. The molecule has 0 saturated heterocycles. The number of anilines is 1. The fourth-order valence-corrected chi connectivity index (χ4v) is 2.84. The summed E-state index contributed by atoms with van der Waals surface area (Å²) in [5.41, 5.74) is 1.65. The second-order valence-corrected chi connectivity index (χ2v) is 7.57. The molecular weight excluding hydrogens is 314 g/mol. The summed E-state index contributed by atoms with van der Waals surface area (Å²) in [6, 6.07) is 15.7. The first-order valence-electron chi connectivity index (χ1n) is 7.14. The second-order valence-electron chi connectivity index (χ2n) is 6.12. The first kappa shape index (κ1) is 16.9. The Kier molecular flexibility index (Phi) is 5.54. The Bertz CT molecular complexity index is 647. The maximum Gasteiger partial charge on any atom is 0.229 e. The van der Waals surface area contributed by atoms with Gasteiger partial charge in [-0.1, -0.05) is 56.6 Å². The van der Waals surface area contributed by atoms with Crippen molar-refractivity contribution in [1.82, 2.24) is 0 Å². The molecule has 2 rings (SSSR count). The predicted molar refractivity (Wildman–Crippen MR) is 95.5 cm³/mol. The molecule has 2 nitrogen and oxygen atoms in total. The van der Waals surface area contributed by atoms with Gasteiger partial charge in [0.15, 0.2) is 0 Å². The Hall–Kier alpha value is -1.45. The zero-order valence-corrected chi connectivity index (χ0v) is 14.6. The van der Waals surface area contributed by atoms with E-state index in [0.29, 0.717) is 0 Å². The number of halogens is 1. The van der Waals surface area contributed by atoms with Gasteiger partial charge in [0, 0.05) is 21.1 Å². The molecule has 1 amide bonds. The number of rotatable bonds is 4. The number of hydrogen-bond acceptors (Lipinski definition) is 2. The summed E-state index contributed by atoms with van der Waals surface area (Å²) < 4.78 is 0. The second kappa shape index (κ2) is 7.21. The van der Waals surface area contributed by atoms with Crippen LogP contribution in [0, 0.1) is 5.41 Å². The van der Waals surface area contributed by atoms with Crippen molar-refractivity contribution >= 4 is 35.0 Å². The predicted octanol–water partition coefficient (Wildman–Crippen LogP) is 5.62. The number of nitrogens with one attached hydrogen (secondary N) is 1. The molecular formula is C18H20ClNOS. The third kappa shape index (κ3) is 4.79. The molecule has 116 valence electrons. The number of para-hydroxylation sites is 1. The van der Waals surface area contributed by atoms with E-state index in [2.05, 4.69) is 5.32 Å². The number of carbonyl (C=O) groups excluding carboxylic acids is 1. The molecule has 0 aromatic heterocycles. The molecule has 0 aliphatic rings. The van der Waals surface area contributed by atoms with Gasteiger partial charge < -0.3 is 5.32 Å². The molecule has 2 aromatic rings. The van der Waals surface area contributed by atoms with Crippen LogP contribution in [-0.2, 0) is 10.5 Å². The highest BCUT2D eigenvalue weighted by Gasteiger charge is 2.21. The van der Waals surface area contributed by atoms with E-state index < -0.39 is 5.41 Å². The largest absolute Gasteiger partial charge is 0.325 e. The maximum absolute atomic E-state index is 12.2. The lowest BCUT2D eigenvalue weighted by Gasteiger charge is -2.19. The third-order valence-electron chi connectivity index (χ3n) is 3.12. The molecule has 0 aliphatic heterocycles. The molecule has 0 fully saturated rings. The van der Waals surface area contributed by atoms with Crippen molar-refractivity contribution in [2.45, 2.75) is 31.4 Å². The van der Waals surface area contributed by atoms with Crippen molar-refractivity contribution in [3.8, 4) is 0 Å². The molecule has 2 aromatic carbocycles. The maximum atomic E-state index is 12.2. The van der Waals surface area contributed by atoms with Crippen LogP contribution in [0.1, 0.15) is 26.3 Å². The molecule has 0 saturated carbocycles. The summed E-state index contributed by atoms with van der Waals surface area (Å²) >= 11 is 7.60. The van der Waals surface area contributed by atoms with Crippen LogP contribution in [0.2, 0.25) is 5.02 Å². The van der Waals surface area contributed by atoms with Crippen LogP contribution in [0.25, 0.3) is 0 Å². The Labute approximate surface area is 141 Å². The van der Waals surface area contributed by atoms with Gasteiger partial charge in [-0.2, -0.15) is 0 Å². The van der Waals surface area contributed by atoms with E-state index in [1.54, 1.807) is 11.8 Å². The van der Waals surface area contributed by atoms with Crippen molar-refractivity contribution < 1.29 is 4.79 Å². The van der Waals surface area contributed by atoms with Gasteiger partial charge in [0.1, 0.15) is 0 Å². The minimum atomic E-state index is -0.409. The van der Waals surface area contributed by atoms with Gasteiger partial charge in [0.25, 0.3) is 0 Å². The summed E-state index contributed by atoms with van der Waals surface area (Å²) in [5.74, 6) is 0.853. The molecule has 22 heavy (non-hydrogen) atoms. The Morgan fingerprint density at radius 3 is 2.36 bits per heavy atom. The zero-order chi connectivity index (χ0) is 16.2. The average Bonchev–Trinajstić information content (AvgIpc) is 2.47. The number of thioether (sulfide) groups is 1. The van der Waals surface area contributed by atoms with E-state index in [1.165, 1.54) is 5.56 Å². The summed E-state index contributed by atoms with van der Waals surface area (Å²) in [6.45, 7) is 5.73. The SMILES string of the molecule is CC(C)(C)C(=O)Nc1ccccc1SCc1ccc(Cl)cc1. The molecule has 1 N–H and O–H groups in total. The van der Waals surface area contributed by atoms with E-state index in [9.17, 15) is 4.79 Å². The van der Waals surface area contributed by atoms with Gasteiger partial charge in [-0.3, -0.25) is 4.79 Å². The lowest BCUT2D eigenvalue weighted by Crippen LogP contribution is -2.27. The van der Waals surface area contributed by atoms with Gasteiger partial charge in [0.05, 0.1) is 5.69 Å². The highest BCUT2D eigenvalue weighted by atomic mass is 35.5. The summed E-state index contributed by atoms with van der Waals surface area (Å²) in [5, 5.41) is 3.76. The molecule has 0 radical (unpaired) electrons. The Morgan fingerprint density at radius 2 is 1.73 bits per heavy atom. The van der Waals surface area contributed by atoms with Gasteiger partial charge in [-0.15, -0.1) is 11.8 Å². The Balaban J connectivity index is 2.08. The number of carbonyl (C=O) groups is 1. The van der Waals surface area contributed by atoms with Crippen LogP contribution in [0.4, 0.5) is 5.69 Å². The Morgan fingerprint density at radius 1 is 1.09 bits per heavy atom. The standard InChI is InChI=1S/C18H20ClNOS/c1-18(2,3)17(21)20-15-6-4-5-7-16(15)22-12-13-8-10-14(19)11-9-13/h4-11H,12H2,1-3H3,(H,20,21). The molecule has 0 unspecified atom stereocenters. The van der Waals surface area contributed by atoms with Crippen LogP contribution in [0.3, 0.4) is 0 Å². The minimum Gasteiger partial charge on any atom is -0.325 e. The molecule has 0 atom stereocenters. The monoisotopic (exact) mass is 333 g/mol. The van der Waals surface area contributed by atoms with Crippen molar-refractivity contribution in [3.05, 3.63) is 59.1 Å². The molecule has 4 heteroatoms. The molecule has 0 spiro atoms. The van der Waals surface area contributed by atoms with Crippen molar-refractivity contribution in [3.63, 3.8) is 0 Å². The third-order valence-corrected chi connectivity index (χ3v) is 4.52. The normalized spacial score (nSPS) is 11.3. The summed E-state index contributed by atoms with van der Waals surface area (Å²) in [7, 11) is 0. The van der Waals surface area contributed by atoms with E-state index >= 15 is 0 Å². The first-order valence-corrected chi connectivity index (χ1v) is 8.50. The van der Waals surface area contributed by atoms with E-state index in [4.69, 9.17) is 11.6 Å². The zero-order valence-electron chi connectivity index (χ0n) is 13.0. The topological polar surface area (TPSA) is 29.1 Å². The van der Waals surface area contributed by atoms with Crippen molar-refractivity contribution in [2.75, 3.05) is 5.32 Å². The van der Waals surface area contributed by atoms with Crippen LogP contribution < -0.4 is 5.32 Å². The van der Waals surface area contributed by atoms with E-state index in [0.717, 1.165) is 21.4 Å². The van der Waals surface area contributed by atoms with E-state index in [1.807, 2.05) is 69.3 Å². The quantitative estimate of drug-likeness (QED) is 0.736. The van der Waals surface area contributed by atoms with Gasteiger partial charge in [-0.05, 0) is 29.8 Å². The van der Waals surface area contributed by atoms with Crippen LogP contribution >= 0.6 is 23.4 Å². The van der Waals surface area contributed by atoms with Gasteiger partial charge in [0.2, 0.25) is 5.91 Å². The highest BCUT2D eigenvalue weighted by Crippen LogP contribution is 2.31. The number of benzene rings is 2. The first-order chi connectivity index (χ1) is 10.4. The lowest BCUT2D eigenvalue weighted by atomic mass is 9.95. The van der Waals surface area contributed by atoms with E-state index in [-0.39, 0.29) is 5.91 Å². The number of hydrogen-bond donors (Lipinski definition) is 1. The number of amides is 1. The lowest BCUT2D eigenvalue weighted by molar-refractivity contribution is -0.123. The molecule has 0 heterocycles. The van der Waals surface area contributed by atoms with Crippen molar-refractivity contribution in [2.24, 2.45) is 5.41 Å².